The Balaban J connectivity index is 1.35. The highest BCUT2D eigenvalue weighted by Gasteiger charge is 2.29. The monoisotopic (exact) mass is 412 g/mol. The molecule has 0 spiro atoms. The van der Waals surface area contributed by atoms with Gasteiger partial charge < -0.3 is 15.1 Å². The molecule has 2 heterocycles. The van der Waals surface area contributed by atoms with Crippen LogP contribution in [0.15, 0.2) is 24.3 Å². The Morgan fingerprint density at radius 3 is 2.69 bits per heavy atom. The number of benzene rings is 1. The summed E-state index contributed by atoms with van der Waals surface area (Å²) in [6.07, 6.45) is 2.50. The third-order valence-electron chi connectivity index (χ3n) is 6.01. The van der Waals surface area contributed by atoms with Crippen LogP contribution in [0.2, 0.25) is 0 Å². The number of hydrogen-bond acceptors (Lipinski definition) is 5. The van der Waals surface area contributed by atoms with E-state index in [1.807, 2.05) is 17.0 Å². The molecule has 0 radical (unpaired) electrons. The lowest BCUT2D eigenvalue weighted by Crippen LogP contribution is -2.48. The van der Waals surface area contributed by atoms with E-state index in [1.54, 1.807) is 18.3 Å². The van der Waals surface area contributed by atoms with E-state index in [2.05, 4.69) is 29.3 Å². The molecule has 1 aliphatic carbocycles. The van der Waals surface area contributed by atoms with Crippen molar-refractivity contribution in [2.24, 2.45) is 5.92 Å². The first-order chi connectivity index (χ1) is 14.0. The van der Waals surface area contributed by atoms with Crippen LogP contribution >= 0.6 is 11.3 Å². The lowest BCUT2D eigenvalue weighted by atomic mass is 9.90. The summed E-state index contributed by atoms with van der Waals surface area (Å²) in [4.78, 5) is 34.5. The van der Waals surface area contributed by atoms with Crippen molar-refractivity contribution in [1.29, 1.82) is 0 Å². The fourth-order valence-electron chi connectivity index (χ4n) is 4.07. The van der Waals surface area contributed by atoms with Gasteiger partial charge in [0.2, 0.25) is 11.8 Å². The first kappa shape index (κ1) is 19.9. The van der Waals surface area contributed by atoms with Crippen molar-refractivity contribution in [3.8, 4) is 0 Å². The Labute approximate surface area is 175 Å². The Bertz CT molecular complexity index is 902. The summed E-state index contributed by atoms with van der Waals surface area (Å²) in [5.41, 5.74) is 3.53. The summed E-state index contributed by atoms with van der Waals surface area (Å²) >= 11 is 1.72. The molecule has 4 rings (SSSR count). The van der Waals surface area contributed by atoms with Gasteiger partial charge in [0.15, 0.2) is 5.13 Å². The molecule has 1 aromatic heterocycles. The van der Waals surface area contributed by atoms with Gasteiger partial charge in [0.1, 0.15) is 0 Å². The fourth-order valence-corrected chi connectivity index (χ4v) is 5.31. The van der Waals surface area contributed by atoms with E-state index in [9.17, 15) is 9.59 Å². The van der Waals surface area contributed by atoms with Crippen LogP contribution in [0.4, 0.5) is 5.13 Å². The van der Waals surface area contributed by atoms with Crippen molar-refractivity contribution in [2.75, 3.05) is 31.1 Å². The number of fused-ring (bicyclic) bond motifs is 1. The third kappa shape index (κ3) is 4.45. The molecule has 0 saturated carbocycles. The number of nitrogens with zero attached hydrogens (tertiary/aromatic N) is 3. The number of rotatable bonds is 4. The predicted octanol–water partition coefficient (Wildman–Crippen LogP) is 2.54. The van der Waals surface area contributed by atoms with Crippen LogP contribution in [0.25, 0.3) is 0 Å². The van der Waals surface area contributed by atoms with Gasteiger partial charge in [-0.1, -0.05) is 24.3 Å². The van der Waals surface area contributed by atoms with Gasteiger partial charge in [0, 0.05) is 50.4 Å². The fraction of sp³-hybridized carbons (Fsp3) is 0.500. The van der Waals surface area contributed by atoms with Crippen LogP contribution in [0, 0.1) is 12.8 Å². The molecule has 1 fully saturated rings. The number of nitrogens with one attached hydrogen (secondary N) is 1. The number of aromatic nitrogens is 1. The maximum atomic E-state index is 12.7. The van der Waals surface area contributed by atoms with Gasteiger partial charge in [-0.15, -0.1) is 11.3 Å². The highest BCUT2D eigenvalue weighted by Crippen LogP contribution is 2.34. The zero-order valence-electron chi connectivity index (χ0n) is 17.1. The number of hydrogen-bond donors (Lipinski definition) is 1. The molecule has 2 aliphatic rings. The van der Waals surface area contributed by atoms with Crippen molar-refractivity contribution in [1.82, 2.24) is 15.2 Å². The summed E-state index contributed by atoms with van der Waals surface area (Å²) in [5.74, 6) is 0.306. The Hall–Kier alpha value is -2.41. The zero-order chi connectivity index (χ0) is 20.4. The van der Waals surface area contributed by atoms with Crippen molar-refractivity contribution >= 4 is 28.3 Å². The maximum Gasteiger partial charge on any atom is 0.223 e. The Kier molecular flexibility index (Phi) is 5.85. The van der Waals surface area contributed by atoms with Gasteiger partial charge >= 0.3 is 0 Å². The first-order valence-corrected chi connectivity index (χ1v) is 11.1. The number of carbonyl (C=O) groups is 2. The summed E-state index contributed by atoms with van der Waals surface area (Å²) in [6, 6.07) is 8.17. The molecule has 7 heteroatoms. The van der Waals surface area contributed by atoms with Crippen molar-refractivity contribution in [3.63, 3.8) is 0 Å². The van der Waals surface area contributed by atoms with Crippen LogP contribution in [0.3, 0.4) is 0 Å². The molecule has 2 amide bonds. The van der Waals surface area contributed by atoms with Gasteiger partial charge in [-0.05, 0) is 37.3 Å². The Morgan fingerprint density at radius 1 is 1.21 bits per heavy atom. The minimum absolute atomic E-state index is 0.0226. The minimum Gasteiger partial charge on any atom is -0.352 e. The second-order valence-corrected chi connectivity index (χ2v) is 9.01. The second-order valence-electron chi connectivity index (χ2n) is 7.94. The van der Waals surface area contributed by atoms with Crippen LogP contribution in [0.1, 0.15) is 35.0 Å². The number of amides is 2. The molecule has 154 valence electrons. The third-order valence-corrected chi connectivity index (χ3v) is 7.19. The smallest absolute Gasteiger partial charge is 0.223 e. The molecular weight excluding hydrogens is 384 g/mol. The van der Waals surface area contributed by atoms with Crippen molar-refractivity contribution in [2.45, 2.75) is 39.7 Å². The number of carbonyl (C=O) groups excluding carboxylic acids is 2. The first-order valence-electron chi connectivity index (χ1n) is 10.3. The van der Waals surface area contributed by atoms with Crippen LogP contribution < -0.4 is 10.2 Å². The van der Waals surface area contributed by atoms with Crippen molar-refractivity contribution < 1.29 is 9.59 Å². The summed E-state index contributed by atoms with van der Waals surface area (Å²) in [7, 11) is 0. The lowest BCUT2D eigenvalue weighted by Gasteiger charge is -2.33. The molecule has 1 atom stereocenters. The highest BCUT2D eigenvalue weighted by atomic mass is 32.1. The molecule has 6 nitrogen and oxygen atoms in total. The molecule has 1 aromatic carbocycles. The highest BCUT2D eigenvalue weighted by molar-refractivity contribution is 7.15. The van der Waals surface area contributed by atoms with E-state index in [1.165, 1.54) is 16.0 Å². The number of thiazole rings is 1. The predicted molar refractivity (Wildman–Crippen MR) is 115 cm³/mol. The van der Waals surface area contributed by atoms with Gasteiger partial charge in [-0.25, -0.2) is 4.98 Å². The molecular formula is C22H28N4O2S. The van der Waals surface area contributed by atoms with Crippen LogP contribution in [-0.2, 0) is 29.0 Å². The summed E-state index contributed by atoms with van der Waals surface area (Å²) in [6.45, 7) is 7.44. The molecule has 1 N–H and O–H groups in total. The molecule has 0 bridgehead atoms. The lowest BCUT2D eigenvalue weighted by molar-refractivity contribution is -0.129. The average molecular weight is 413 g/mol. The van der Waals surface area contributed by atoms with Crippen LogP contribution in [-0.4, -0.2) is 47.9 Å². The largest absolute Gasteiger partial charge is 0.352 e. The van der Waals surface area contributed by atoms with E-state index >= 15 is 0 Å². The van der Waals surface area contributed by atoms with Gasteiger partial charge in [0.25, 0.3) is 0 Å². The van der Waals surface area contributed by atoms with E-state index in [0.717, 1.165) is 56.3 Å². The quantitative estimate of drug-likeness (QED) is 0.838. The van der Waals surface area contributed by atoms with Crippen LogP contribution in [0.5, 0.6) is 0 Å². The van der Waals surface area contributed by atoms with E-state index in [4.69, 9.17) is 4.98 Å². The van der Waals surface area contributed by atoms with E-state index < -0.39 is 0 Å². The second kappa shape index (κ2) is 8.53. The van der Waals surface area contributed by atoms with E-state index in [-0.39, 0.29) is 17.7 Å². The minimum atomic E-state index is 0.0226. The normalized spacial score (nSPS) is 19.0. The van der Waals surface area contributed by atoms with Gasteiger partial charge in [0.05, 0.1) is 5.69 Å². The molecule has 29 heavy (non-hydrogen) atoms. The standard InChI is InChI=1S/C22H28N4O2S/c1-15-5-3-4-6-18(15)14-23-21(28)17-7-8-19-20(13-17)29-22(24-19)26-11-9-25(10-12-26)16(2)27/h3-6,17H,7-14H2,1-2H3,(H,23,28)/t17-/m0/s1. The SMILES string of the molecule is CC(=O)N1CCN(c2nc3c(s2)C[C@@H](C(=O)NCc2ccccc2C)CC3)CC1. The molecule has 2 aromatic rings. The zero-order valence-corrected chi connectivity index (χ0v) is 17.9. The number of piperazine rings is 1. The average Bonchev–Trinajstić information content (AvgIpc) is 3.16. The number of aryl methyl sites for hydroxylation is 2. The molecule has 1 aliphatic heterocycles. The Morgan fingerprint density at radius 2 is 1.97 bits per heavy atom. The molecule has 0 unspecified atom stereocenters. The summed E-state index contributed by atoms with van der Waals surface area (Å²) < 4.78 is 0. The van der Waals surface area contributed by atoms with Gasteiger partial charge in [-0.3, -0.25) is 9.59 Å². The topological polar surface area (TPSA) is 65.5 Å². The van der Waals surface area contributed by atoms with Crippen molar-refractivity contribution in [3.05, 3.63) is 46.0 Å². The van der Waals surface area contributed by atoms with Gasteiger partial charge in [-0.2, -0.15) is 0 Å². The molecule has 1 saturated heterocycles. The number of anilines is 1. The maximum absolute atomic E-state index is 12.7. The summed E-state index contributed by atoms with van der Waals surface area (Å²) in [5, 5.41) is 4.16. The van der Waals surface area contributed by atoms with E-state index in [0.29, 0.717) is 6.54 Å².